The van der Waals surface area contributed by atoms with Gasteiger partial charge in [0.2, 0.25) is 0 Å². The molecule has 0 fully saturated rings. The molecule has 0 bridgehead atoms. The van der Waals surface area contributed by atoms with Crippen LogP contribution in [0.4, 0.5) is 0 Å². The molecule has 0 heterocycles. The van der Waals surface area contributed by atoms with Crippen LogP contribution in [0.15, 0.2) is 29.2 Å². The largest absolute Gasteiger partial charge is 0.330 e. The summed E-state index contributed by atoms with van der Waals surface area (Å²) >= 11 is 1.79. The van der Waals surface area contributed by atoms with E-state index in [1.54, 1.807) is 11.8 Å². The predicted octanol–water partition coefficient (Wildman–Crippen LogP) is 3.50. The predicted molar refractivity (Wildman–Crippen MR) is 69.5 cm³/mol. The first-order chi connectivity index (χ1) is 7.19. The second-order valence-electron chi connectivity index (χ2n) is 4.12. The van der Waals surface area contributed by atoms with Gasteiger partial charge in [-0.3, -0.25) is 0 Å². The van der Waals surface area contributed by atoms with E-state index < -0.39 is 0 Å². The van der Waals surface area contributed by atoms with Crippen LogP contribution in [0.3, 0.4) is 0 Å². The van der Waals surface area contributed by atoms with Crippen molar-refractivity contribution in [2.24, 2.45) is 11.7 Å². The van der Waals surface area contributed by atoms with E-state index in [0.717, 1.165) is 13.0 Å². The van der Waals surface area contributed by atoms with Crippen LogP contribution in [0.25, 0.3) is 0 Å². The van der Waals surface area contributed by atoms with Gasteiger partial charge in [0, 0.05) is 4.90 Å². The Labute approximate surface area is 97.4 Å². The van der Waals surface area contributed by atoms with E-state index >= 15 is 0 Å². The van der Waals surface area contributed by atoms with Crippen LogP contribution in [0, 0.1) is 5.92 Å². The lowest BCUT2D eigenvalue weighted by Gasteiger charge is -2.19. The fourth-order valence-electron chi connectivity index (χ4n) is 1.75. The van der Waals surface area contributed by atoms with Gasteiger partial charge in [0.05, 0.1) is 0 Å². The molecule has 0 aliphatic carbocycles. The Hall–Kier alpha value is -0.470. The number of rotatable bonds is 5. The maximum Gasteiger partial charge on any atom is 0.00693 e. The third-order valence-corrected chi connectivity index (χ3v) is 3.86. The molecule has 0 spiro atoms. The Balaban J connectivity index is 2.69. The highest BCUT2D eigenvalue weighted by molar-refractivity contribution is 7.98. The molecule has 1 rings (SSSR count). The van der Waals surface area contributed by atoms with Crippen LogP contribution < -0.4 is 5.73 Å². The molecule has 0 radical (unpaired) electrons. The average Bonchev–Trinajstić information content (AvgIpc) is 2.28. The van der Waals surface area contributed by atoms with Gasteiger partial charge < -0.3 is 5.73 Å². The Morgan fingerprint density at radius 2 is 1.80 bits per heavy atom. The van der Waals surface area contributed by atoms with E-state index in [9.17, 15) is 0 Å². The molecule has 2 atom stereocenters. The summed E-state index contributed by atoms with van der Waals surface area (Å²) in [5.41, 5.74) is 7.01. The molecule has 0 aliphatic heterocycles. The van der Waals surface area contributed by atoms with Crippen molar-refractivity contribution in [3.63, 3.8) is 0 Å². The van der Waals surface area contributed by atoms with Gasteiger partial charge in [-0.2, -0.15) is 0 Å². The van der Waals surface area contributed by atoms with Gasteiger partial charge in [-0.1, -0.05) is 26.0 Å². The molecule has 0 saturated heterocycles. The Morgan fingerprint density at radius 1 is 1.20 bits per heavy atom. The summed E-state index contributed by atoms with van der Waals surface area (Å²) in [4.78, 5) is 1.33. The van der Waals surface area contributed by atoms with Crippen LogP contribution >= 0.6 is 11.8 Å². The summed E-state index contributed by atoms with van der Waals surface area (Å²) in [6, 6.07) is 8.88. The first-order valence-corrected chi connectivity index (χ1v) is 6.75. The van der Waals surface area contributed by atoms with Crippen molar-refractivity contribution in [3.05, 3.63) is 29.8 Å². The zero-order valence-electron chi connectivity index (χ0n) is 9.86. The molecular formula is C13H21NS. The molecule has 1 nitrogen and oxygen atoms in total. The Morgan fingerprint density at radius 3 is 2.27 bits per heavy atom. The van der Waals surface area contributed by atoms with Crippen molar-refractivity contribution in [1.82, 2.24) is 0 Å². The summed E-state index contributed by atoms with van der Waals surface area (Å²) in [6.07, 6.45) is 3.21. The van der Waals surface area contributed by atoms with Crippen molar-refractivity contribution < 1.29 is 0 Å². The highest BCUT2D eigenvalue weighted by Gasteiger charge is 2.13. The molecule has 0 amide bonds. The van der Waals surface area contributed by atoms with E-state index in [1.165, 1.54) is 10.5 Å². The number of nitrogens with two attached hydrogens (primary N) is 1. The highest BCUT2D eigenvalue weighted by Crippen LogP contribution is 2.27. The SMILES string of the molecule is CSc1ccc(C(C)C(C)CCN)cc1. The van der Waals surface area contributed by atoms with Gasteiger partial charge in [-0.25, -0.2) is 0 Å². The minimum absolute atomic E-state index is 0.601. The third-order valence-electron chi connectivity index (χ3n) is 3.12. The zero-order valence-corrected chi connectivity index (χ0v) is 10.7. The van der Waals surface area contributed by atoms with Gasteiger partial charge in [-0.05, 0) is 48.8 Å². The molecule has 0 saturated carbocycles. The minimum atomic E-state index is 0.601. The first-order valence-electron chi connectivity index (χ1n) is 5.53. The average molecular weight is 223 g/mol. The monoisotopic (exact) mass is 223 g/mol. The van der Waals surface area contributed by atoms with Crippen molar-refractivity contribution in [2.75, 3.05) is 12.8 Å². The fourth-order valence-corrected chi connectivity index (χ4v) is 2.16. The fraction of sp³-hybridized carbons (Fsp3) is 0.538. The van der Waals surface area contributed by atoms with Crippen molar-refractivity contribution in [3.8, 4) is 0 Å². The van der Waals surface area contributed by atoms with Crippen molar-refractivity contribution in [1.29, 1.82) is 0 Å². The summed E-state index contributed by atoms with van der Waals surface area (Å²) in [5.74, 6) is 1.26. The summed E-state index contributed by atoms with van der Waals surface area (Å²) in [6.45, 7) is 5.35. The molecular weight excluding hydrogens is 202 g/mol. The smallest absolute Gasteiger partial charge is 0.00693 e. The number of hydrogen-bond acceptors (Lipinski definition) is 2. The van der Waals surface area contributed by atoms with Gasteiger partial charge in [0.1, 0.15) is 0 Å². The molecule has 84 valence electrons. The van der Waals surface area contributed by atoms with Crippen molar-refractivity contribution >= 4 is 11.8 Å². The quantitative estimate of drug-likeness (QED) is 0.773. The van der Waals surface area contributed by atoms with Gasteiger partial charge in [-0.15, -0.1) is 11.8 Å². The standard InChI is InChI=1S/C13H21NS/c1-10(8-9-14)11(2)12-4-6-13(15-3)7-5-12/h4-7,10-11H,8-9,14H2,1-3H3. The van der Waals surface area contributed by atoms with E-state index in [0.29, 0.717) is 11.8 Å². The number of thioether (sulfide) groups is 1. The number of benzene rings is 1. The van der Waals surface area contributed by atoms with E-state index in [2.05, 4.69) is 44.4 Å². The lowest BCUT2D eigenvalue weighted by atomic mass is 9.87. The topological polar surface area (TPSA) is 26.0 Å². The molecule has 2 unspecified atom stereocenters. The summed E-state index contributed by atoms with van der Waals surface area (Å²) in [7, 11) is 0. The summed E-state index contributed by atoms with van der Waals surface area (Å²) in [5, 5.41) is 0. The van der Waals surface area contributed by atoms with Crippen LogP contribution in [-0.2, 0) is 0 Å². The highest BCUT2D eigenvalue weighted by atomic mass is 32.2. The second-order valence-corrected chi connectivity index (χ2v) is 5.00. The van der Waals surface area contributed by atoms with E-state index in [4.69, 9.17) is 5.73 Å². The van der Waals surface area contributed by atoms with Gasteiger partial charge in [0.15, 0.2) is 0 Å². The molecule has 1 aromatic carbocycles. The van der Waals surface area contributed by atoms with E-state index in [1.807, 2.05) is 0 Å². The Kier molecular flexibility index (Phi) is 5.20. The normalized spacial score (nSPS) is 14.9. The Bertz CT molecular complexity index is 281. The third kappa shape index (κ3) is 3.54. The lowest BCUT2D eigenvalue weighted by molar-refractivity contribution is 0.459. The van der Waals surface area contributed by atoms with Crippen LogP contribution in [0.2, 0.25) is 0 Å². The molecule has 15 heavy (non-hydrogen) atoms. The molecule has 0 aromatic heterocycles. The van der Waals surface area contributed by atoms with Crippen LogP contribution in [-0.4, -0.2) is 12.8 Å². The maximum atomic E-state index is 5.59. The molecule has 2 heteroatoms. The molecule has 0 aliphatic rings. The molecule has 1 aromatic rings. The van der Waals surface area contributed by atoms with Crippen LogP contribution in [0.5, 0.6) is 0 Å². The maximum absolute atomic E-state index is 5.59. The van der Waals surface area contributed by atoms with Crippen molar-refractivity contribution in [2.45, 2.75) is 31.1 Å². The minimum Gasteiger partial charge on any atom is -0.330 e. The number of hydrogen-bond donors (Lipinski definition) is 1. The zero-order chi connectivity index (χ0) is 11.3. The molecule has 2 N–H and O–H groups in total. The van der Waals surface area contributed by atoms with Gasteiger partial charge in [0.25, 0.3) is 0 Å². The second kappa shape index (κ2) is 6.19. The van der Waals surface area contributed by atoms with Gasteiger partial charge >= 0.3 is 0 Å². The lowest BCUT2D eigenvalue weighted by Crippen LogP contribution is -2.11. The summed E-state index contributed by atoms with van der Waals surface area (Å²) < 4.78 is 0. The van der Waals surface area contributed by atoms with Crippen LogP contribution in [0.1, 0.15) is 31.7 Å². The van der Waals surface area contributed by atoms with E-state index in [-0.39, 0.29) is 0 Å². The first kappa shape index (κ1) is 12.6.